The first kappa shape index (κ1) is 21.9. The fraction of sp³-hybridized carbons (Fsp3) is 0.364. The van der Waals surface area contributed by atoms with E-state index >= 15 is 0 Å². The predicted octanol–water partition coefficient (Wildman–Crippen LogP) is 8.09. The second-order valence-electron chi connectivity index (χ2n) is 11.3. The van der Waals surface area contributed by atoms with Gasteiger partial charge >= 0.3 is 6.03 Å². The van der Waals surface area contributed by atoms with E-state index in [0.29, 0.717) is 18.5 Å². The molecule has 3 heteroatoms. The third-order valence-electron chi connectivity index (χ3n) is 9.19. The fourth-order valence-corrected chi connectivity index (χ4v) is 7.46. The lowest BCUT2D eigenvalue weighted by molar-refractivity contribution is 0.154. The number of urea groups is 1. The van der Waals surface area contributed by atoms with Crippen molar-refractivity contribution in [1.82, 2.24) is 4.90 Å². The number of amides is 2. The zero-order chi connectivity index (χ0) is 24.1. The molecule has 2 bridgehead atoms. The number of aryl methyl sites for hydroxylation is 1. The van der Waals surface area contributed by atoms with E-state index in [1.807, 2.05) is 0 Å². The molecular weight excluding hydrogens is 440 g/mol. The normalized spacial score (nSPS) is 22.6. The Morgan fingerprint density at radius 1 is 0.833 bits per heavy atom. The van der Waals surface area contributed by atoms with Crippen molar-refractivity contribution in [2.45, 2.75) is 64.0 Å². The van der Waals surface area contributed by atoms with Crippen LogP contribution in [0.3, 0.4) is 0 Å². The van der Waals surface area contributed by atoms with E-state index in [9.17, 15) is 4.79 Å². The first-order valence-electron chi connectivity index (χ1n) is 13.8. The summed E-state index contributed by atoms with van der Waals surface area (Å²) in [6.45, 7) is 0.653. The molecule has 3 atom stereocenters. The number of benzene rings is 4. The highest BCUT2D eigenvalue weighted by atomic mass is 16.2. The van der Waals surface area contributed by atoms with Gasteiger partial charge < -0.3 is 10.2 Å². The number of carbonyl (C=O) groups is 1. The number of anilines is 1. The molecule has 0 heterocycles. The molecule has 0 aliphatic heterocycles. The van der Waals surface area contributed by atoms with Gasteiger partial charge in [0.25, 0.3) is 0 Å². The first-order chi connectivity index (χ1) is 17.7. The van der Waals surface area contributed by atoms with Crippen molar-refractivity contribution in [1.29, 1.82) is 0 Å². The van der Waals surface area contributed by atoms with E-state index in [1.54, 1.807) is 0 Å². The maximum atomic E-state index is 14.1. The van der Waals surface area contributed by atoms with Gasteiger partial charge in [-0.2, -0.15) is 0 Å². The van der Waals surface area contributed by atoms with Crippen LogP contribution in [-0.2, 0) is 19.4 Å². The van der Waals surface area contributed by atoms with Crippen LogP contribution < -0.4 is 5.32 Å². The van der Waals surface area contributed by atoms with Crippen molar-refractivity contribution in [3.8, 4) is 0 Å². The number of carbonyl (C=O) groups excluding carboxylic acids is 1. The van der Waals surface area contributed by atoms with Gasteiger partial charge in [0, 0.05) is 18.3 Å². The number of hydrogen-bond acceptors (Lipinski definition) is 1. The van der Waals surface area contributed by atoms with E-state index in [2.05, 4.69) is 83.0 Å². The molecule has 182 valence electrons. The van der Waals surface area contributed by atoms with Crippen molar-refractivity contribution in [2.75, 3.05) is 5.32 Å². The molecule has 3 unspecified atom stereocenters. The van der Waals surface area contributed by atoms with Crippen molar-refractivity contribution >= 4 is 33.3 Å². The second-order valence-corrected chi connectivity index (χ2v) is 11.3. The van der Waals surface area contributed by atoms with Gasteiger partial charge in [0.1, 0.15) is 0 Å². The minimum absolute atomic E-state index is 0.0729. The highest BCUT2D eigenvalue weighted by Gasteiger charge is 2.44. The molecule has 3 nitrogen and oxygen atoms in total. The molecule has 0 aromatic heterocycles. The summed E-state index contributed by atoms with van der Waals surface area (Å²) in [7, 11) is 0. The lowest BCUT2D eigenvalue weighted by atomic mass is 9.90. The lowest BCUT2D eigenvalue weighted by Gasteiger charge is -2.35. The smallest absolute Gasteiger partial charge is 0.317 e. The van der Waals surface area contributed by atoms with E-state index in [1.165, 1.54) is 70.3 Å². The van der Waals surface area contributed by atoms with E-state index in [-0.39, 0.29) is 6.03 Å². The number of fused-ring (bicyclic) bond motifs is 6. The highest BCUT2D eigenvalue weighted by molar-refractivity contribution is 6.09. The quantitative estimate of drug-likeness (QED) is 0.298. The largest absolute Gasteiger partial charge is 0.322 e. The summed E-state index contributed by atoms with van der Waals surface area (Å²) in [5.41, 5.74) is 5.03. The van der Waals surface area contributed by atoms with Gasteiger partial charge in [-0.05, 0) is 107 Å². The maximum absolute atomic E-state index is 14.1. The van der Waals surface area contributed by atoms with E-state index < -0.39 is 0 Å². The molecule has 4 aromatic rings. The molecule has 4 aromatic carbocycles. The molecule has 36 heavy (non-hydrogen) atoms. The number of nitrogens with zero attached hydrogens (tertiary/aromatic N) is 1. The molecule has 7 rings (SSSR count). The Morgan fingerprint density at radius 2 is 1.64 bits per heavy atom. The molecular formula is C33H34N2O. The van der Waals surface area contributed by atoms with Crippen molar-refractivity contribution in [3.05, 3.63) is 89.5 Å². The van der Waals surface area contributed by atoms with Crippen LogP contribution in [-0.4, -0.2) is 17.0 Å². The first-order valence-corrected chi connectivity index (χ1v) is 13.8. The van der Waals surface area contributed by atoms with Crippen LogP contribution in [0.5, 0.6) is 0 Å². The molecule has 0 saturated heterocycles. The Kier molecular flexibility index (Phi) is 5.45. The summed E-state index contributed by atoms with van der Waals surface area (Å²) in [6, 6.07) is 26.5. The summed E-state index contributed by atoms with van der Waals surface area (Å²) in [4.78, 5) is 16.3. The van der Waals surface area contributed by atoms with Crippen molar-refractivity contribution in [2.24, 2.45) is 11.8 Å². The predicted molar refractivity (Wildman–Crippen MR) is 148 cm³/mol. The van der Waals surface area contributed by atoms with Crippen molar-refractivity contribution in [3.63, 3.8) is 0 Å². The SMILES string of the molecule is O=C(Nc1cccc2c1CCCC2)N(Cc1cc2ccccc2c2ccccc12)C1CC2CCC1C2. The van der Waals surface area contributed by atoms with Gasteiger partial charge in [0.05, 0.1) is 0 Å². The van der Waals surface area contributed by atoms with Crippen LogP contribution in [0, 0.1) is 11.8 Å². The second kappa shape index (κ2) is 8.96. The van der Waals surface area contributed by atoms with E-state index in [4.69, 9.17) is 0 Å². The molecule has 0 radical (unpaired) electrons. The maximum Gasteiger partial charge on any atom is 0.322 e. The third-order valence-corrected chi connectivity index (χ3v) is 9.19. The topological polar surface area (TPSA) is 32.3 Å². The zero-order valence-corrected chi connectivity index (χ0v) is 20.9. The Bertz CT molecular complexity index is 1460. The van der Waals surface area contributed by atoms with Crippen molar-refractivity contribution < 1.29 is 4.79 Å². The highest BCUT2D eigenvalue weighted by Crippen LogP contribution is 2.47. The fourth-order valence-electron chi connectivity index (χ4n) is 7.46. The van der Waals surface area contributed by atoms with Crippen LogP contribution in [0.2, 0.25) is 0 Å². The van der Waals surface area contributed by atoms with E-state index in [0.717, 1.165) is 30.9 Å². The molecule has 3 aliphatic carbocycles. The number of nitrogens with one attached hydrogen (secondary N) is 1. The third kappa shape index (κ3) is 3.77. The van der Waals surface area contributed by atoms with Gasteiger partial charge in [-0.25, -0.2) is 4.79 Å². The van der Waals surface area contributed by atoms with Crippen LogP contribution in [0.15, 0.2) is 72.8 Å². The Hall–Kier alpha value is -3.33. The Balaban J connectivity index is 1.28. The Morgan fingerprint density at radius 3 is 2.47 bits per heavy atom. The van der Waals surface area contributed by atoms with Crippen LogP contribution in [0.25, 0.3) is 21.5 Å². The molecule has 2 saturated carbocycles. The van der Waals surface area contributed by atoms with Gasteiger partial charge in [-0.3, -0.25) is 0 Å². The lowest BCUT2D eigenvalue weighted by Crippen LogP contribution is -2.45. The number of rotatable bonds is 4. The van der Waals surface area contributed by atoms with Gasteiger partial charge in [0.15, 0.2) is 0 Å². The number of hydrogen-bond donors (Lipinski definition) is 1. The molecule has 3 aliphatic rings. The molecule has 2 amide bonds. The van der Waals surface area contributed by atoms with Crippen LogP contribution in [0.4, 0.5) is 10.5 Å². The molecule has 1 N–H and O–H groups in total. The molecule has 2 fully saturated rings. The average Bonchev–Trinajstić information content (AvgIpc) is 3.56. The zero-order valence-electron chi connectivity index (χ0n) is 20.9. The summed E-state index contributed by atoms with van der Waals surface area (Å²) in [6.07, 6.45) is 9.67. The van der Waals surface area contributed by atoms with Gasteiger partial charge in [-0.15, -0.1) is 0 Å². The van der Waals surface area contributed by atoms with Crippen LogP contribution in [0.1, 0.15) is 55.2 Å². The van der Waals surface area contributed by atoms with Gasteiger partial charge in [-0.1, -0.05) is 67.1 Å². The molecule has 0 spiro atoms. The van der Waals surface area contributed by atoms with Crippen LogP contribution >= 0.6 is 0 Å². The summed E-state index contributed by atoms with van der Waals surface area (Å²) < 4.78 is 0. The summed E-state index contributed by atoms with van der Waals surface area (Å²) >= 11 is 0. The van der Waals surface area contributed by atoms with Gasteiger partial charge in [0.2, 0.25) is 0 Å². The Labute approximate surface area is 213 Å². The standard InChI is InChI=1S/C33H34N2O/c36-33(34-31-15-7-10-23-8-1-4-13-29(23)31)35(32-19-22-16-17-25(32)18-22)21-26-20-24-9-2-3-11-27(24)30-14-6-5-12-28(26)30/h2-3,5-7,9-12,14-15,20,22,25,32H,1,4,8,13,16-19,21H2,(H,34,36). The average molecular weight is 475 g/mol. The summed E-state index contributed by atoms with van der Waals surface area (Å²) in [5.74, 6) is 1.42. The monoisotopic (exact) mass is 474 g/mol. The summed E-state index contributed by atoms with van der Waals surface area (Å²) in [5, 5.41) is 8.46. The minimum atomic E-state index is 0.0729. The minimum Gasteiger partial charge on any atom is -0.317 e.